The summed E-state index contributed by atoms with van der Waals surface area (Å²) in [4.78, 5) is 0. The van der Waals surface area contributed by atoms with Crippen LogP contribution in [0, 0.1) is 0 Å². The molecule has 0 saturated heterocycles. The van der Waals surface area contributed by atoms with Crippen LogP contribution in [0.3, 0.4) is 0 Å². The third kappa shape index (κ3) is 11200. The molecule has 0 aromatic carbocycles. The smallest absolute Gasteiger partial charge is 0.0402 e. The summed E-state index contributed by atoms with van der Waals surface area (Å²) in [5.41, 5.74) is 0. The van der Waals surface area contributed by atoms with Crippen molar-refractivity contribution in [3.05, 3.63) is 0 Å². The lowest BCUT2D eigenvalue weighted by Crippen LogP contribution is -3.00. The molecule has 0 fully saturated rings. The van der Waals surface area contributed by atoms with Crippen molar-refractivity contribution in [3.63, 3.8) is 0 Å². The van der Waals surface area contributed by atoms with E-state index in [-0.39, 0.29) is 30.7 Å². The molecule has 5 heteroatoms. The maximum absolute atomic E-state index is 7.57. The zero-order valence-electron chi connectivity index (χ0n) is 7.84. The van der Waals surface area contributed by atoms with Gasteiger partial charge >= 0.3 is 0 Å². The Hall–Kier alpha value is -0.230. The minimum absolute atomic E-state index is 0. The van der Waals surface area contributed by atoms with Gasteiger partial charge in [0.05, 0.1) is 0 Å². The van der Waals surface area contributed by atoms with Crippen LogP contribution in [0.1, 0.15) is 20.8 Å². The Morgan fingerprint density at radius 1 is 0.727 bits per heavy atom. The highest BCUT2D eigenvalue weighted by Gasteiger charge is 1.35. The summed E-state index contributed by atoms with van der Waals surface area (Å²) in [7, 11) is 0. The van der Waals surface area contributed by atoms with Gasteiger partial charge in [-0.25, -0.2) is 0 Å². The van der Waals surface area contributed by atoms with Gasteiger partial charge in [0.2, 0.25) is 0 Å². The number of halogens is 1. The molecule has 0 saturated carbocycles. The second-order valence-electron chi connectivity index (χ2n) is 0.949. The SMILES string of the molecule is CCO.CCO.CCO.[F-].[NH4+]. The molecule has 0 unspecified atom stereocenters. The van der Waals surface area contributed by atoms with Crippen molar-refractivity contribution in [2.24, 2.45) is 0 Å². The monoisotopic (exact) mass is 175 g/mol. The molecule has 0 aliphatic rings. The summed E-state index contributed by atoms with van der Waals surface area (Å²) < 4.78 is 0. The van der Waals surface area contributed by atoms with E-state index in [0.717, 1.165) is 0 Å². The van der Waals surface area contributed by atoms with Gasteiger partial charge in [0.25, 0.3) is 0 Å². The van der Waals surface area contributed by atoms with Gasteiger partial charge in [-0.3, -0.25) is 0 Å². The first kappa shape index (κ1) is 30.9. The number of hydrogen-bond donors (Lipinski definition) is 4. The van der Waals surface area contributed by atoms with Crippen LogP contribution in [-0.2, 0) is 0 Å². The first-order chi connectivity index (χ1) is 4.24. The van der Waals surface area contributed by atoms with E-state index in [0.29, 0.717) is 0 Å². The summed E-state index contributed by atoms with van der Waals surface area (Å²) in [6.07, 6.45) is 0. The molecule has 0 rings (SSSR count). The van der Waals surface area contributed by atoms with Gasteiger partial charge in [-0.15, -0.1) is 0 Å². The van der Waals surface area contributed by atoms with Crippen LogP contribution in [0.15, 0.2) is 0 Å². The number of rotatable bonds is 0. The minimum atomic E-state index is 0. The average Bonchev–Trinajstić information content (AvgIpc) is 1.70. The van der Waals surface area contributed by atoms with Crippen molar-refractivity contribution in [2.75, 3.05) is 19.8 Å². The zero-order valence-corrected chi connectivity index (χ0v) is 7.84. The molecule has 0 bridgehead atoms. The highest BCUT2D eigenvalue weighted by atomic mass is 19.0. The van der Waals surface area contributed by atoms with Crippen LogP contribution >= 0.6 is 0 Å². The standard InChI is InChI=1S/3C2H6O.FH.H3N/c3*1-2-3;;/h3*3H,2H2,1H3;1H;1H3. The van der Waals surface area contributed by atoms with Crippen LogP contribution < -0.4 is 10.9 Å². The van der Waals surface area contributed by atoms with Crippen molar-refractivity contribution >= 4 is 0 Å². The van der Waals surface area contributed by atoms with Gasteiger partial charge in [-0.1, -0.05) is 0 Å². The summed E-state index contributed by atoms with van der Waals surface area (Å²) in [6, 6.07) is 0. The molecule has 0 heterocycles. The lowest BCUT2D eigenvalue weighted by Gasteiger charge is -1.52. The summed E-state index contributed by atoms with van der Waals surface area (Å²) >= 11 is 0. The van der Waals surface area contributed by atoms with Crippen molar-refractivity contribution in [1.29, 1.82) is 0 Å². The first-order valence-electron chi connectivity index (χ1n) is 3.07. The summed E-state index contributed by atoms with van der Waals surface area (Å²) in [5, 5.41) is 22.7. The molecule has 0 radical (unpaired) electrons. The highest BCUT2D eigenvalue weighted by molar-refractivity contribution is 3.84. The van der Waals surface area contributed by atoms with Gasteiger partial charge in [0.15, 0.2) is 0 Å². The molecule has 0 amide bonds. The second kappa shape index (κ2) is 97.9. The van der Waals surface area contributed by atoms with Gasteiger partial charge in [-0.2, -0.15) is 0 Å². The Balaban J connectivity index is -0.0000000150. The topological polar surface area (TPSA) is 97.2 Å². The van der Waals surface area contributed by atoms with E-state index in [1.54, 1.807) is 20.8 Å². The Bertz CT molecular complexity index is 22.5. The second-order valence-corrected chi connectivity index (χ2v) is 0.949. The quantitative estimate of drug-likeness (QED) is 0.324. The molecule has 76 valence electrons. The summed E-state index contributed by atoms with van der Waals surface area (Å²) in [5.74, 6) is 0. The third-order valence-electron chi connectivity index (χ3n) is 0. The molecule has 11 heavy (non-hydrogen) atoms. The number of aliphatic hydroxyl groups is 3. The molecule has 0 spiro atoms. The fraction of sp³-hybridized carbons (Fsp3) is 1.00. The van der Waals surface area contributed by atoms with Crippen LogP contribution in [0.5, 0.6) is 0 Å². The molecule has 7 N–H and O–H groups in total. The fourth-order valence-electron chi connectivity index (χ4n) is 0. The minimum Gasteiger partial charge on any atom is -1.00 e. The fourth-order valence-corrected chi connectivity index (χ4v) is 0. The van der Waals surface area contributed by atoms with E-state index in [2.05, 4.69) is 0 Å². The Labute approximate surface area is 67.8 Å². The molecule has 0 aliphatic heterocycles. The Kier molecular flexibility index (Phi) is 275. The van der Waals surface area contributed by atoms with E-state index in [9.17, 15) is 0 Å². The van der Waals surface area contributed by atoms with E-state index in [4.69, 9.17) is 15.3 Å². The normalized spacial score (nSPS) is 4.91. The number of hydrogen-bond acceptors (Lipinski definition) is 3. The lowest BCUT2D eigenvalue weighted by molar-refractivity contribution is -0.00000626. The molecule has 0 aliphatic carbocycles. The van der Waals surface area contributed by atoms with E-state index in [1.807, 2.05) is 0 Å². The molecular weight excluding hydrogens is 153 g/mol. The summed E-state index contributed by atoms with van der Waals surface area (Å²) in [6.45, 7) is 5.79. The van der Waals surface area contributed by atoms with Crippen LogP contribution in [0.2, 0.25) is 0 Å². The molecule has 4 nitrogen and oxygen atoms in total. The number of aliphatic hydroxyl groups excluding tert-OH is 3. The van der Waals surface area contributed by atoms with Crippen molar-refractivity contribution in [3.8, 4) is 0 Å². The Morgan fingerprint density at radius 3 is 0.727 bits per heavy atom. The maximum Gasteiger partial charge on any atom is 0.0402 e. The predicted molar refractivity (Wildman–Crippen MR) is 44.3 cm³/mol. The molecular formula is C6H22FNO3. The highest BCUT2D eigenvalue weighted by Crippen LogP contribution is 1.30. The van der Waals surface area contributed by atoms with Gasteiger partial charge in [0.1, 0.15) is 0 Å². The molecule has 0 aromatic heterocycles. The van der Waals surface area contributed by atoms with Crippen LogP contribution in [0.25, 0.3) is 0 Å². The third-order valence-corrected chi connectivity index (χ3v) is 0. The first-order valence-corrected chi connectivity index (χ1v) is 3.07. The van der Waals surface area contributed by atoms with Gasteiger partial charge in [0, 0.05) is 19.8 Å². The van der Waals surface area contributed by atoms with E-state index < -0.39 is 0 Å². The van der Waals surface area contributed by atoms with Crippen molar-refractivity contribution in [2.45, 2.75) is 20.8 Å². The lowest BCUT2D eigenvalue weighted by atomic mass is 10.9. The maximum atomic E-state index is 7.57. The van der Waals surface area contributed by atoms with E-state index >= 15 is 0 Å². The molecule has 0 atom stereocenters. The van der Waals surface area contributed by atoms with Gasteiger partial charge < -0.3 is 26.2 Å². The van der Waals surface area contributed by atoms with E-state index in [1.165, 1.54) is 0 Å². The number of quaternary nitrogens is 1. The Morgan fingerprint density at radius 2 is 0.727 bits per heavy atom. The van der Waals surface area contributed by atoms with Crippen molar-refractivity contribution < 1.29 is 20.0 Å². The average molecular weight is 175 g/mol. The van der Waals surface area contributed by atoms with Gasteiger partial charge in [-0.05, 0) is 20.8 Å². The predicted octanol–water partition coefficient (Wildman–Crippen LogP) is -2.62. The zero-order chi connectivity index (χ0) is 8.12. The van der Waals surface area contributed by atoms with Crippen LogP contribution in [-0.4, -0.2) is 35.1 Å². The molecule has 0 aromatic rings. The van der Waals surface area contributed by atoms with Crippen LogP contribution in [0.4, 0.5) is 0 Å². The largest absolute Gasteiger partial charge is 1.00 e. The van der Waals surface area contributed by atoms with Crippen molar-refractivity contribution in [1.82, 2.24) is 6.15 Å².